The minimum Gasteiger partial charge on any atom is -0.310 e. The number of aromatic nitrogens is 2. The number of benzene rings is 19. The summed E-state index contributed by atoms with van der Waals surface area (Å²) >= 11 is 0. The second-order valence-corrected chi connectivity index (χ2v) is 45.8. The van der Waals surface area contributed by atoms with Gasteiger partial charge in [0, 0.05) is 77.9 Å². The Hall–Kier alpha value is -15.6. The van der Waals surface area contributed by atoms with Crippen molar-refractivity contribution >= 4 is 101 Å². The highest BCUT2D eigenvalue weighted by Crippen LogP contribution is 2.67. The molecule has 4 nitrogen and oxygen atoms in total. The summed E-state index contributed by atoms with van der Waals surface area (Å²) in [7, 11) is 0. The second kappa shape index (κ2) is 30.0. The number of hydrogen-bond acceptors (Lipinski definition) is 2. The monoisotopic (exact) mass is 1810 g/mol. The van der Waals surface area contributed by atoms with Crippen molar-refractivity contribution in [3.63, 3.8) is 0 Å². The first-order valence-electron chi connectivity index (χ1n) is 50.6. The van der Waals surface area contributed by atoms with E-state index in [1.54, 1.807) is 0 Å². The molecule has 0 fully saturated rings. The molecule has 5 heteroatoms. The number of hydrogen-bond donors (Lipinski definition) is 0. The maximum atomic E-state index is 2.79. The van der Waals surface area contributed by atoms with Crippen molar-refractivity contribution in [2.45, 2.75) is 142 Å². The molecule has 0 saturated heterocycles. The van der Waals surface area contributed by atoms with Crippen molar-refractivity contribution in [2.24, 2.45) is 0 Å². The molecule has 141 heavy (non-hydrogen) atoms. The van der Waals surface area contributed by atoms with E-state index in [1.165, 1.54) is 155 Å². The van der Waals surface area contributed by atoms with Crippen molar-refractivity contribution in [1.29, 1.82) is 0 Å². The molecule has 4 aliphatic carbocycles. The first-order chi connectivity index (χ1) is 68.1. The third kappa shape index (κ3) is 12.1. The van der Waals surface area contributed by atoms with E-state index in [-0.39, 0.29) is 28.4 Å². The van der Waals surface area contributed by atoms with Gasteiger partial charge in [0.25, 0.3) is 6.71 Å². The van der Waals surface area contributed by atoms with Gasteiger partial charge in [0.05, 0.1) is 44.3 Å². The molecule has 2 aliphatic heterocycles. The van der Waals surface area contributed by atoms with E-state index >= 15 is 0 Å². The van der Waals surface area contributed by atoms with Gasteiger partial charge in [-0.1, -0.05) is 431 Å². The Morgan fingerprint density at radius 2 is 0.454 bits per heavy atom. The molecule has 6 aliphatic rings. The average molecular weight is 1810 g/mol. The van der Waals surface area contributed by atoms with Crippen LogP contribution >= 0.6 is 0 Å². The van der Waals surface area contributed by atoms with Gasteiger partial charge < -0.3 is 18.9 Å². The van der Waals surface area contributed by atoms with Crippen LogP contribution in [-0.2, 0) is 37.9 Å². The van der Waals surface area contributed by atoms with Crippen LogP contribution in [-0.4, -0.2) is 15.8 Å². The molecular weight excluding hydrogens is 1700 g/mol. The standard InChI is InChI=1S/C136H111BN4/c1-130(2,3)86-62-54-82(55-63-86)93-42-32-43-94(83-56-64-87(65-57-83)131(4,5)6)128(93)140-123-76-91(138-119-52-30-22-40-103(119)107-78-105-101-38-20-28-50-113(101)135(115(105)80-121(107)138)109-46-24-16-34-97(109)98-35-17-25-47-110(98)135)70-72-117(123)137-118-73-71-92(139-120-53-31-23-41-104(120)108-79-106-102-39-21-29-51-114(102)136(116(106)81-122(108)139)111-48-26-18-36-99(111)100-37-19-27-49-112(100)136)77-124(118)141(126-75-90(134(13,14)15)74-125(140)127(126)137)129-95(84-58-66-88(67-59-84)132(7,8)9)44-33-45-96(129)85-60-68-89(69-61-85)133(10,11)12/h16-81H,1-15H3. The zero-order valence-corrected chi connectivity index (χ0v) is 83.0. The zero-order valence-electron chi connectivity index (χ0n) is 83.0. The summed E-state index contributed by atoms with van der Waals surface area (Å²) in [6.45, 7) is 35.0. The van der Waals surface area contributed by atoms with Crippen molar-refractivity contribution in [2.75, 3.05) is 9.80 Å². The second-order valence-electron chi connectivity index (χ2n) is 45.8. The van der Waals surface area contributed by atoms with E-state index in [1.807, 2.05) is 0 Å². The van der Waals surface area contributed by atoms with Crippen molar-refractivity contribution in [1.82, 2.24) is 9.13 Å². The Morgan fingerprint density at radius 1 is 0.191 bits per heavy atom. The molecule has 0 bridgehead atoms. The topological polar surface area (TPSA) is 16.3 Å². The largest absolute Gasteiger partial charge is 0.310 e. The van der Waals surface area contributed by atoms with Gasteiger partial charge in [-0.2, -0.15) is 0 Å². The Kier molecular flexibility index (Phi) is 18.0. The first kappa shape index (κ1) is 84.7. The Bertz CT molecular complexity index is 8170. The van der Waals surface area contributed by atoms with Gasteiger partial charge in [0.1, 0.15) is 0 Å². The van der Waals surface area contributed by atoms with Crippen LogP contribution in [0.25, 0.3) is 144 Å². The smallest absolute Gasteiger partial charge is 0.252 e. The number of rotatable bonds is 8. The lowest BCUT2D eigenvalue weighted by Gasteiger charge is -2.46. The molecule has 2 spiro atoms. The molecule has 0 amide bonds. The fraction of sp³-hybridized carbons (Fsp3) is 0.162. The zero-order chi connectivity index (χ0) is 95.8. The van der Waals surface area contributed by atoms with Crippen molar-refractivity contribution in [3.8, 4) is 100 Å². The lowest BCUT2D eigenvalue weighted by Crippen LogP contribution is -2.61. The van der Waals surface area contributed by atoms with E-state index in [4.69, 9.17) is 0 Å². The molecule has 678 valence electrons. The van der Waals surface area contributed by atoms with E-state index in [9.17, 15) is 0 Å². The summed E-state index contributed by atoms with van der Waals surface area (Å²) in [5, 5.41) is 4.87. The summed E-state index contributed by atoms with van der Waals surface area (Å²) < 4.78 is 5.27. The predicted molar refractivity (Wildman–Crippen MR) is 597 cm³/mol. The van der Waals surface area contributed by atoms with E-state index < -0.39 is 16.2 Å². The van der Waals surface area contributed by atoms with Crippen molar-refractivity contribution < 1.29 is 0 Å². The van der Waals surface area contributed by atoms with E-state index in [2.05, 4.69) is 523 Å². The average Bonchev–Trinajstić information content (AvgIpc) is 1.53. The third-order valence-corrected chi connectivity index (χ3v) is 32.8. The molecule has 0 atom stereocenters. The highest BCUT2D eigenvalue weighted by atomic mass is 15.2. The molecule has 0 N–H and O–H groups in total. The van der Waals surface area contributed by atoms with Crippen LogP contribution in [0.2, 0.25) is 0 Å². The quantitative estimate of drug-likeness (QED) is 0.141. The van der Waals surface area contributed by atoms with Gasteiger partial charge in [-0.05, 0) is 255 Å². The summed E-state index contributed by atoms with van der Waals surface area (Å²) in [6, 6.07) is 158. The molecule has 2 aromatic heterocycles. The minimum absolute atomic E-state index is 0.0887. The predicted octanol–water partition coefficient (Wildman–Crippen LogP) is 33.8. The maximum absolute atomic E-state index is 2.79. The summed E-state index contributed by atoms with van der Waals surface area (Å²) in [4.78, 5) is 5.58. The van der Waals surface area contributed by atoms with Gasteiger partial charge in [0.2, 0.25) is 0 Å². The van der Waals surface area contributed by atoms with Gasteiger partial charge in [-0.25, -0.2) is 0 Å². The summed E-state index contributed by atoms with van der Waals surface area (Å²) in [5.74, 6) is 0. The van der Waals surface area contributed by atoms with E-state index in [0.29, 0.717) is 0 Å². The first-order valence-corrected chi connectivity index (χ1v) is 50.6. The van der Waals surface area contributed by atoms with Crippen molar-refractivity contribution in [3.05, 3.63) is 473 Å². The third-order valence-electron chi connectivity index (χ3n) is 32.8. The highest BCUT2D eigenvalue weighted by molar-refractivity contribution is 7.00. The van der Waals surface area contributed by atoms with Crippen LogP contribution in [0, 0.1) is 0 Å². The fourth-order valence-electron chi connectivity index (χ4n) is 25.9. The molecule has 0 saturated carbocycles. The highest BCUT2D eigenvalue weighted by Gasteiger charge is 2.55. The van der Waals surface area contributed by atoms with Gasteiger partial charge in [-0.15, -0.1) is 0 Å². The molecule has 0 radical (unpaired) electrons. The fourth-order valence-corrected chi connectivity index (χ4v) is 25.9. The van der Waals surface area contributed by atoms with Gasteiger partial charge in [0.15, 0.2) is 0 Å². The Balaban J connectivity index is 0.786. The van der Waals surface area contributed by atoms with Crippen LogP contribution in [0.3, 0.4) is 0 Å². The SMILES string of the molecule is CC(C)(C)c1ccc(-c2cccc(-c3ccc(C(C)(C)C)cc3)c2N2c3cc(-n4c5ccccc5c5cc6c(cc54)C4(c5ccccc5-c5ccccc54)c4ccccc4-6)ccc3B3c4ccc(-n5c6ccccc6c6cc7c(cc65)C5(c6ccccc6-c6ccccc65)c5ccccc5-7)cc4N(c4c(-c5ccc(C(C)(C)C)cc5)cccc4-c4ccc(C(C)(C)C)cc4)c4cc(C(C)(C)C)cc2c43)cc1. The van der Waals surface area contributed by atoms with Crippen LogP contribution in [0.1, 0.15) is 176 Å². The Labute approximate surface area is 828 Å². The lowest BCUT2D eigenvalue weighted by molar-refractivity contribution is 0.590. The number of nitrogens with zero attached hydrogens (tertiary/aromatic N) is 4. The molecule has 19 aromatic carbocycles. The molecule has 27 rings (SSSR count). The van der Waals surface area contributed by atoms with Crippen LogP contribution in [0.4, 0.5) is 34.1 Å². The number of anilines is 6. The van der Waals surface area contributed by atoms with Gasteiger partial charge in [-0.3, -0.25) is 0 Å². The Morgan fingerprint density at radius 3 is 0.745 bits per heavy atom. The summed E-state index contributed by atoms with van der Waals surface area (Å²) in [5.41, 5.74) is 51.7. The van der Waals surface area contributed by atoms with E-state index in [0.717, 1.165) is 112 Å². The lowest BCUT2D eigenvalue weighted by atomic mass is 9.33. The van der Waals surface area contributed by atoms with Crippen LogP contribution < -0.4 is 26.2 Å². The van der Waals surface area contributed by atoms with Gasteiger partial charge >= 0.3 is 0 Å². The number of fused-ring (bicyclic) bond motifs is 30. The molecule has 21 aromatic rings. The van der Waals surface area contributed by atoms with Crippen LogP contribution in [0.5, 0.6) is 0 Å². The summed E-state index contributed by atoms with van der Waals surface area (Å²) in [6.07, 6.45) is 0. The van der Waals surface area contributed by atoms with Crippen LogP contribution in [0.15, 0.2) is 400 Å². The number of para-hydroxylation sites is 4. The molecule has 0 unspecified atom stereocenters. The minimum atomic E-state index is -0.576. The maximum Gasteiger partial charge on any atom is 0.252 e. The normalized spacial score (nSPS) is 14.3. The molecular formula is C136H111BN4. The molecule has 4 heterocycles.